The number of nitrogens with zero attached hydrogens (tertiary/aromatic N) is 5. The standard InChI is InChI=1S/C33H30FN5O4S/c1-3-43-30-7-5-4-6-26(30)33(38-18-16-37(17-19-38)25-12-14-36-15-13-25)27-21-24(22-35)9-10-29(27)39(32(33)40)44(41,42)31-11-8-23(2)20-28(31)34/h4-15,20-21H,3,16-19H2,1-2H3. The van der Waals surface area contributed by atoms with Crippen LogP contribution in [0, 0.1) is 24.1 Å². The van der Waals surface area contributed by atoms with Crippen molar-refractivity contribution in [2.24, 2.45) is 0 Å². The molecular formula is C33H30FN5O4S. The molecule has 0 saturated carbocycles. The van der Waals surface area contributed by atoms with E-state index in [0.29, 0.717) is 59.5 Å². The van der Waals surface area contributed by atoms with E-state index in [9.17, 15) is 13.7 Å². The van der Waals surface area contributed by atoms with Gasteiger partial charge >= 0.3 is 0 Å². The van der Waals surface area contributed by atoms with Crippen LogP contribution in [0.5, 0.6) is 5.75 Å². The summed E-state index contributed by atoms with van der Waals surface area (Å²) in [5.74, 6) is -1.33. The second-order valence-electron chi connectivity index (χ2n) is 10.7. The van der Waals surface area contributed by atoms with Gasteiger partial charge in [-0.1, -0.05) is 24.3 Å². The van der Waals surface area contributed by atoms with Gasteiger partial charge in [0, 0.05) is 55.4 Å². The number of nitriles is 1. The number of hydrogen-bond acceptors (Lipinski definition) is 8. The van der Waals surface area contributed by atoms with Gasteiger partial charge in [0.05, 0.1) is 23.9 Å². The fourth-order valence-corrected chi connectivity index (χ4v) is 7.74. The number of pyridine rings is 1. The molecule has 1 aromatic heterocycles. The molecule has 0 radical (unpaired) electrons. The van der Waals surface area contributed by atoms with Gasteiger partial charge < -0.3 is 9.64 Å². The molecule has 1 unspecified atom stereocenters. The van der Waals surface area contributed by atoms with Gasteiger partial charge in [0.1, 0.15) is 16.5 Å². The summed E-state index contributed by atoms with van der Waals surface area (Å²) in [6.07, 6.45) is 3.43. The Morgan fingerprint density at radius 2 is 1.70 bits per heavy atom. The molecule has 2 aliphatic heterocycles. The Morgan fingerprint density at radius 1 is 0.977 bits per heavy atom. The van der Waals surface area contributed by atoms with E-state index in [-0.39, 0.29) is 11.3 Å². The van der Waals surface area contributed by atoms with Gasteiger partial charge in [-0.15, -0.1) is 0 Å². The molecule has 1 saturated heterocycles. The molecule has 11 heteroatoms. The number of hydrogen-bond donors (Lipinski definition) is 0. The number of ether oxygens (including phenoxy) is 1. The molecule has 3 aromatic carbocycles. The Labute approximate surface area is 255 Å². The molecule has 4 aromatic rings. The quantitative estimate of drug-likeness (QED) is 0.299. The van der Waals surface area contributed by atoms with Crippen molar-refractivity contribution in [2.45, 2.75) is 24.3 Å². The van der Waals surface area contributed by atoms with Crippen molar-refractivity contribution in [3.63, 3.8) is 0 Å². The highest BCUT2D eigenvalue weighted by Gasteiger charge is 2.60. The Kier molecular flexibility index (Phi) is 7.57. The van der Waals surface area contributed by atoms with Crippen molar-refractivity contribution in [3.05, 3.63) is 113 Å². The molecule has 6 rings (SSSR count). The molecular weight excluding hydrogens is 581 g/mol. The van der Waals surface area contributed by atoms with E-state index in [4.69, 9.17) is 4.74 Å². The van der Waals surface area contributed by atoms with Gasteiger partial charge in [-0.2, -0.15) is 5.26 Å². The average Bonchev–Trinajstić information content (AvgIpc) is 3.30. The number of rotatable bonds is 7. The van der Waals surface area contributed by atoms with Gasteiger partial charge in [-0.05, 0) is 67.9 Å². The molecule has 1 amide bonds. The minimum absolute atomic E-state index is 0.0665. The minimum Gasteiger partial charge on any atom is -0.493 e. The van der Waals surface area contributed by atoms with Crippen LogP contribution in [0.2, 0.25) is 0 Å². The zero-order valence-corrected chi connectivity index (χ0v) is 25.1. The molecule has 2 aliphatic rings. The molecule has 0 N–H and O–H groups in total. The number of aryl methyl sites for hydroxylation is 1. The zero-order valence-electron chi connectivity index (χ0n) is 24.3. The lowest BCUT2D eigenvalue weighted by Crippen LogP contribution is -2.60. The zero-order chi connectivity index (χ0) is 31.1. The molecule has 0 spiro atoms. The minimum atomic E-state index is -4.72. The maximum atomic E-state index is 15.3. The molecule has 1 fully saturated rings. The molecule has 1 atom stereocenters. The average molecular weight is 612 g/mol. The van der Waals surface area contributed by atoms with Crippen molar-refractivity contribution in [1.29, 1.82) is 5.26 Å². The van der Waals surface area contributed by atoms with E-state index in [2.05, 4.69) is 16.0 Å². The van der Waals surface area contributed by atoms with Crippen molar-refractivity contribution < 1.29 is 22.3 Å². The summed E-state index contributed by atoms with van der Waals surface area (Å²) < 4.78 is 50.5. The highest BCUT2D eigenvalue weighted by Crippen LogP contribution is 2.53. The summed E-state index contributed by atoms with van der Waals surface area (Å²) >= 11 is 0. The summed E-state index contributed by atoms with van der Waals surface area (Å²) in [6.45, 7) is 5.59. The maximum absolute atomic E-state index is 15.3. The Balaban J connectivity index is 1.58. The first-order chi connectivity index (χ1) is 21.2. The van der Waals surface area contributed by atoms with Crippen LogP contribution in [0.25, 0.3) is 0 Å². The van der Waals surface area contributed by atoms with Crippen LogP contribution >= 0.6 is 0 Å². The van der Waals surface area contributed by atoms with Gasteiger partial charge in [0.2, 0.25) is 0 Å². The first-order valence-corrected chi connectivity index (χ1v) is 15.7. The first-order valence-electron chi connectivity index (χ1n) is 14.3. The lowest BCUT2D eigenvalue weighted by molar-refractivity contribution is -0.127. The van der Waals surface area contributed by atoms with Crippen LogP contribution < -0.4 is 13.9 Å². The van der Waals surface area contributed by atoms with Crippen LogP contribution in [0.1, 0.15) is 29.2 Å². The lowest BCUT2D eigenvalue weighted by atomic mass is 9.80. The fraction of sp³-hybridized carbons (Fsp3) is 0.242. The van der Waals surface area contributed by atoms with E-state index in [1.807, 2.05) is 24.0 Å². The number of benzene rings is 3. The maximum Gasteiger partial charge on any atom is 0.273 e. The summed E-state index contributed by atoms with van der Waals surface area (Å²) in [5, 5.41) is 9.89. The third kappa shape index (κ3) is 4.58. The smallest absolute Gasteiger partial charge is 0.273 e. The third-order valence-electron chi connectivity index (χ3n) is 8.19. The largest absolute Gasteiger partial charge is 0.493 e. The number of halogens is 1. The van der Waals surface area contributed by atoms with Gasteiger partial charge in [-0.25, -0.2) is 17.1 Å². The van der Waals surface area contributed by atoms with Crippen molar-refractivity contribution in [2.75, 3.05) is 42.0 Å². The van der Waals surface area contributed by atoms with Gasteiger partial charge in [0.25, 0.3) is 15.9 Å². The number of sulfonamides is 1. The molecule has 9 nitrogen and oxygen atoms in total. The number of fused-ring (bicyclic) bond motifs is 1. The van der Waals surface area contributed by atoms with E-state index in [1.165, 1.54) is 24.3 Å². The van der Waals surface area contributed by atoms with Crippen LogP contribution in [0.4, 0.5) is 15.8 Å². The molecule has 44 heavy (non-hydrogen) atoms. The molecule has 0 aliphatic carbocycles. The molecule has 0 bridgehead atoms. The monoisotopic (exact) mass is 611 g/mol. The SMILES string of the molecule is CCOc1ccccc1C1(N2CCN(c3ccncc3)CC2)C(=O)N(S(=O)(=O)c2ccc(C)cc2F)c2ccc(C#N)cc21. The van der Waals surface area contributed by atoms with E-state index in [1.54, 1.807) is 49.6 Å². The summed E-state index contributed by atoms with van der Waals surface area (Å²) in [6, 6.07) is 21.3. The van der Waals surface area contributed by atoms with E-state index in [0.717, 1.165) is 11.8 Å². The number of para-hydroxylation sites is 1. The summed E-state index contributed by atoms with van der Waals surface area (Å²) in [4.78, 5) is 22.7. The van der Waals surface area contributed by atoms with Gasteiger partial charge in [0.15, 0.2) is 5.54 Å². The summed E-state index contributed by atoms with van der Waals surface area (Å²) in [7, 11) is -4.72. The van der Waals surface area contributed by atoms with Gasteiger partial charge in [-0.3, -0.25) is 14.7 Å². The number of amides is 1. The number of piperazine rings is 1. The van der Waals surface area contributed by atoms with Crippen LogP contribution in [0.15, 0.2) is 90.1 Å². The Bertz CT molecular complexity index is 1890. The van der Waals surface area contributed by atoms with Crippen LogP contribution in [-0.2, 0) is 20.4 Å². The van der Waals surface area contributed by atoms with Crippen LogP contribution in [0.3, 0.4) is 0 Å². The van der Waals surface area contributed by atoms with Crippen LogP contribution in [-0.4, -0.2) is 57.0 Å². The molecule has 224 valence electrons. The van der Waals surface area contributed by atoms with Crippen molar-refractivity contribution >= 4 is 27.3 Å². The first kappa shape index (κ1) is 29.3. The normalized spacial score (nSPS) is 18.6. The second kappa shape index (κ2) is 11.4. The lowest BCUT2D eigenvalue weighted by Gasteiger charge is -2.46. The number of anilines is 2. The fourth-order valence-electron chi connectivity index (χ4n) is 6.23. The highest BCUT2D eigenvalue weighted by atomic mass is 32.2. The third-order valence-corrected chi connectivity index (χ3v) is 9.92. The predicted octanol–water partition coefficient (Wildman–Crippen LogP) is 4.60. The van der Waals surface area contributed by atoms with Crippen molar-refractivity contribution in [3.8, 4) is 11.8 Å². The topological polar surface area (TPSA) is 107 Å². The Morgan fingerprint density at radius 3 is 2.39 bits per heavy atom. The molecule has 3 heterocycles. The number of carbonyl (C=O) groups excluding carboxylic acids is 1. The number of carbonyl (C=O) groups is 1. The highest BCUT2D eigenvalue weighted by molar-refractivity contribution is 7.93. The second-order valence-corrected chi connectivity index (χ2v) is 12.4. The summed E-state index contributed by atoms with van der Waals surface area (Å²) in [5.41, 5.74) is 0.923. The van der Waals surface area contributed by atoms with Crippen molar-refractivity contribution in [1.82, 2.24) is 9.88 Å². The van der Waals surface area contributed by atoms with E-state index < -0.39 is 32.2 Å². The van der Waals surface area contributed by atoms with E-state index >= 15 is 9.18 Å². The number of aromatic nitrogens is 1. The predicted molar refractivity (Wildman–Crippen MR) is 163 cm³/mol. The Hall–Kier alpha value is -4.79.